The van der Waals surface area contributed by atoms with Gasteiger partial charge in [-0.2, -0.15) is 0 Å². The zero-order valence-electron chi connectivity index (χ0n) is 22.9. The van der Waals surface area contributed by atoms with Gasteiger partial charge in [-0.1, -0.05) is 151 Å². The van der Waals surface area contributed by atoms with Gasteiger partial charge in [-0.05, 0) is 29.9 Å². The van der Waals surface area contributed by atoms with Gasteiger partial charge in [-0.25, -0.2) is 4.98 Å². The SMILES string of the molecule is CCCCCCCCCCCCCCCCn1ccnc1CC(Cc1ccccc1)c1ccccc1. The molecule has 0 aliphatic heterocycles. The van der Waals surface area contributed by atoms with Crippen LogP contribution in [-0.4, -0.2) is 9.55 Å². The fourth-order valence-electron chi connectivity index (χ4n) is 5.36. The fraction of sp³-hybridized carbons (Fsp3) is 0.559. The molecule has 0 saturated heterocycles. The van der Waals surface area contributed by atoms with E-state index in [0.29, 0.717) is 5.92 Å². The van der Waals surface area contributed by atoms with E-state index in [9.17, 15) is 0 Å². The van der Waals surface area contributed by atoms with Gasteiger partial charge in [0.15, 0.2) is 0 Å². The molecule has 0 N–H and O–H groups in total. The molecule has 0 radical (unpaired) electrons. The highest BCUT2D eigenvalue weighted by atomic mass is 15.1. The number of unbranched alkanes of at least 4 members (excludes halogenated alkanes) is 13. The molecule has 0 aliphatic rings. The molecular weight excluding hydrogens is 436 g/mol. The van der Waals surface area contributed by atoms with E-state index < -0.39 is 0 Å². The van der Waals surface area contributed by atoms with Crippen molar-refractivity contribution in [1.82, 2.24) is 9.55 Å². The van der Waals surface area contributed by atoms with Gasteiger partial charge in [0.1, 0.15) is 5.82 Å². The second kappa shape index (κ2) is 18.0. The molecule has 0 bridgehead atoms. The topological polar surface area (TPSA) is 17.8 Å². The lowest BCUT2D eigenvalue weighted by atomic mass is 9.89. The average Bonchev–Trinajstić information content (AvgIpc) is 3.36. The van der Waals surface area contributed by atoms with Gasteiger partial charge >= 0.3 is 0 Å². The van der Waals surface area contributed by atoms with Crippen molar-refractivity contribution in [2.75, 3.05) is 0 Å². The molecule has 196 valence electrons. The molecule has 36 heavy (non-hydrogen) atoms. The van der Waals surface area contributed by atoms with Crippen LogP contribution in [0, 0.1) is 0 Å². The molecule has 1 unspecified atom stereocenters. The normalized spacial score (nSPS) is 12.1. The van der Waals surface area contributed by atoms with Crippen LogP contribution in [0.25, 0.3) is 0 Å². The zero-order valence-corrected chi connectivity index (χ0v) is 22.9. The van der Waals surface area contributed by atoms with E-state index in [2.05, 4.69) is 78.4 Å². The summed E-state index contributed by atoms with van der Waals surface area (Å²) in [5.41, 5.74) is 2.81. The molecule has 0 fully saturated rings. The summed E-state index contributed by atoms with van der Waals surface area (Å²) in [4.78, 5) is 4.77. The van der Waals surface area contributed by atoms with E-state index in [1.807, 2.05) is 6.20 Å². The summed E-state index contributed by atoms with van der Waals surface area (Å²) in [7, 11) is 0. The van der Waals surface area contributed by atoms with Crippen LogP contribution in [0.4, 0.5) is 0 Å². The molecule has 0 saturated carbocycles. The van der Waals surface area contributed by atoms with Crippen LogP contribution < -0.4 is 0 Å². The Balaban J connectivity index is 1.32. The van der Waals surface area contributed by atoms with Crippen molar-refractivity contribution in [3.8, 4) is 0 Å². The summed E-state index contributed by atoms with van der Waals surface area (Å²) >= 11 is 0. The van der Waals surface area contributed by atoms with E-state index >= 15 is 0 Å². The third kappa shape index (κ3) is 11.1. The molecule has 1 heterocycles. The Bertz CT molecular complexity index is 899. The quantitative estimate of drug-likeness (QED) is 0.145. The molecule has 2 heteroatoms. The minimum Gasteiger partial charge on any atom is -0.335 e. The van der Waals surface area contributed by atoms with E-state index in [-0.39, 0.29) is 0 Å². The van der Waals surface area contributed by atoms with Gasteiger partial charge in [0.2, 0.25) is 0 Å². The first-order valence-electron chi connectivity index (χ1n) is 15.0. The van der Waals surface area contributed by atoms with Crippen molar-refractivity contribution in [3.63, 3.8) is 0 Å². The van der Waals surface area contributed by atoms with Crippen LogP contribution in [0.15, 0.2) is 73.1 Å². The Morgan fingerprint density at radius 2 is 1.14 bits per heavy atom. The number of aryl methyl sites for hydroxylation is 1. The highest BCUT2D eigenvalue weighted by Crippen LogP contribution is 2.25. The Kier molecular flexibility index (Phi) is 14.1. The van der Waals surface area contributed by atoms with Crippen LogP contribution >= 0.6 is 0 Å². The number of aromatic nitrogens is 2. The molecular formula is C34H50N2. The van der Waals surface area contributed by atoms with Gasteiger partial charge in [-0.15, -0.1) is 0 Å². The number of imidazole rings is 1. The van der Waals surface area contributed by atoms with Crippen LogP contribution in [-0.2, 0) is 19.4 Å². The molecule has 2 nitrogen and oxygen atoms in total. The Labute approximate surface area is 221 Å². The first-order valence-corrected chi connectivity index (χ1v) is 15.0. The Morgan fingerprint density at radius 1 is 0.611 bits per heavy atom. The van der Waals surface area contributed by atoms with Crippen molar-refractivity contribution in [2.24, 2.45) is 0 Å². The minimum absolute atomic E-state index is 0.450. The number of hydrogen-bond acceptors (Lipinski definition) is 1. The van der Waals surface area contributed by atoms with Crippen molar-refractivity contribution in [2.45, 2.75) is 122 Å². The molecule has 0 amide bonds. The van der Waals surface area contributed by atoms with Crippen molar-refractivity contribution in [1.29, 1.82) is 0 Å². The highest BCUT2D eigenvalue weighted by Gasteiger charge is 2.16. The smallest absolute Gasteiger partial charge is 0.109 e. The van der Waals surface area contributed by atoms with Crippen LogP contribution in [0.2, 0.25) is 0 Å². The lowest BCUT2D eigenvalue weighted by Crippen LogP contribution is -2.12. The monoisotopic (exact) mass is 486 g/mol. The fourth-order valence-corrected chi connectivity index (χ4v) is 5.36. The number of nitrogens with zero attached hydrogens (tertiary/aromatic N) is 2. The minimum atomic E-state index is 0.450. The molecule has 1 atom stereocenters. The van der Waals surface area contributed by atoms with Crippen molar-refractivity contribution in [3.05, 3.63) is 90.0 Å². The first kappa shape index (κ1) is 28.2. The van der Waals surface area contributed by atoms with Gasteiger partial charge < -0.3 is 4.57 Å². The van der Waals surface area contributed by atoms with Crippen molar-refractivity contribution < 1.29 is 0 Å². The summed E-state index contributed by atoms with van der Waals surface area (Å²) in [6.07, 6.45) is 25.9. The van der Waals surface area contributed by atoms with Crippen LogP contribution in [0.5, 0.6) is 0 Å². The summed E-state index contributed by atoms with van der Waals surface area (Å²) in [6.45, 7) is 3.39. The zero-order chi connectivity index (χ0) is 25.1. The third-order valence-electron chi connectivity index (χ3n) is 7.58. The number of benzene rings is 2. The number of hydrogen-bond donors (Lipinski definition) is 0. The molecule has 2 aromatic carbocycles. The number of rotatable bonds is 20. The van der Waals surface area contributed by atoms with E-state index in [1.54, 1.807) is 0 Å². The van der Waals surface area contributed by atoms with Gasteiger partial charge in [0.25, 0.3) is 0 Å². The van der Waals surface area contributed by atoms with Crippen LogP contribution in [0.3, 0.4) is 0 Å². The summed E-state index contributed by atoms with van der Waals surface area (Å²) in [5.74, 6) is 1.68. The van der Waals surface area contributed by atoms with E-state index in [1.165, 1.54) is 107 Å². The maximum atomic E-state index is 4.77. The Morgan fingerprint density at radius 3 is 1.72 bits per heavy atom. The second-order valence-corrected chi connectivity index (χ2v) is 10.6. The van der Waals surface area contributed by atoms with Crippen LogP contribution in [0.1, 0.15) is 120 Å². The average molecular weight is 487 g/mol. The van der Waals surface area contributed by atoms with E-state index in [0.717, 1.165) is 19.4 Å². The van der Waals surface area contributed by atoms with Gasteiger partial charge in [0.05, 0.1) is 0 Å². The van der Waals surface area contributed by atoms with Gasteiger partial charge in [0, 0.05) is 25.4 Å². The molecule has 1 aromatic heterocycles. The molecule has 0 spiro atoms. The lowest BCUT2D eigenvalue weighted by Gasteiger charge is -2.18. The molecule has 3 aromatic rings. The summed E-state index contributed by atoms with van der Waals surface area (Å²) in [5, 5.41) is 0. The second-order valence-electron chi connectivity index (χ2n) is 10.6. The Hall–Kier alpha value is -2.35. The molecule has 0 aliphatic carbocycles. The predicted molar refractivity (Wildman–Crippen MR) is 156 cm³/mol. The summed E-state index contributed by atoms with van der Waals surface area (Å²) < 4.78 is 2.40. The molecule has 3 rings (SSSR count). The maximum absolute atomic E-state index is 4.77. The largest absolute Gasteiger partial charge is 0.335 e. The predicted octanol–water partition coefficient (Wildman–Crippen LogP) is 9.93. The first-order chi connectivity index (χ1) is 17.9. The standard InChI is InChI=1S/C34H50N2/c1-2-3-4-5-6-7-8-9-10-11-12-13-14-21-27-36-28-26-35-34(36)30-33(32-24-19-16-20-25-32)29-31-22-17-15-18-23-31/h15-20,22-26,28,33H,2-14,21,27,29-30H2,1H3. The summed E-state index contributed by atoms with van der Waals surface area (Å²) in [6, 6.07) is 21.9. The van der Waals surface area contributed by atoms with Gasteiger partial charge in [-0.3, -0.25) is 0 Å². The van der Waals surface area contributed by atoms with E-state index in [4.69, 9.17) is 4.98 Å². The lowest BCUT2D eigenvalue weighted by molar-refractivity contribution is 0.515. The van der Waals surface area contributed by atoms with Crippen molar-refractivity contribution >= 4 is 0 Å². The maximum Gasteiger partial charge on any atom is 0.109 e. The third-order valence-corrected chi connectivity index (χ3v) is 7.58. The highest BCUT2D eigenvalue weighted by molar-refractivity contribution is 5.25.